The number of rotatable bonds is 4. The van der Waals surface area contributed by atoms with Crippen molar-refractivity contribution in [3.63, 3.8) is 0 Å². The molecule has 0 aliphatic heterocycles. The molecule has 0 bridgehead atoms. The first-order valence-corrected chi connectivity index (χ1v) is 5.77. The topological polar surface area (TPSA) is 29.4 Å². The fourth-order valence-electron chi connectivity index (χ4n) is 2.40. The first-order valence-electron chi connectivity index (χ1n) is 5.77. The minimum atomic E-state index is 0.663. The predicted octanol–water partition coefficient (Wildman–Crippen LogP) is 3.17. The van der Waals surface area contributed by atoms with Gasteiger partial charge in [-0.3, -0.25) is 0 Å². The summed E-state index contributed by atoms with van der Waals surface area (Å²) < 4.78 is 0. The third-order valence-corrected chi connectivity index (χ3v) is 3.63. The molecule has 1 saturated carbocycles. The largest absolute Gasteiger partial charge is 0.234 e. The van der Waals surface area contributed by atoms with Crippen molar-refractivity contribution in [2.75, 3.05) is 6.54 Å². The molecule has 1 fully saturated rings. The van der Waals surface area contributed by atoms with E-state index in [0.717, 1.165) is 24.2 Å². The zero-order chi connectivity index (χ0) is 10.4. The van der Waals surface area contributed by atoms with Crippen LogP contribution in [0.2, 0.25) is 0 Å². The van der Waals surface area contributed by atoms with Crippen LogP contribution in [0.25, 0.3) is 0 Å². The van der Waals surface area contributed by atoms with E-state index in [0.29, 0.717) is 6.54 Å². The summed E-state index contributed by atoms with van der Waals surface area (Å²) in [4.78, 5) is 13.5. The highest BCUT2D eigenvalue weighted by Crippen LogP contribution is 2.34. The van der Waals surface area contributed by atoms with Gasteiger partial charge in [-0.25, -0.2) is 9.79 Å². The Hall–Kier alpha value is -0.620. The van der Waals surface area contributed by atoms with E-state index in [1.807, 2.05) is 0 Å². The minimum absolute atomic E-state index is 0.663. The van der Waals surface area contributed by atoms with E-state index < -0.39 is 0 Å². The van der Waals surface area contributed by atoms with Crippen LogP contribution in [-0.2, 0) is 4.79 Å². The molecule has 0 aromatic carbocycles. The van der Waals surface area contributed by atoms with Gasteiger partial charge in [-0.1, -0.05) is 26.7 Å². The lowest BCUT2D eigenvalue weighted by molar-refractivity contribution is 0.217. The van der Waals surface area contributed by atoms with Crippen LogP contribution >= 0.6 is 0 Å². The highest BCUT2D eigenvalue weighted by molar-refractivity contribution is 5.32. The number of carbonyl (C=O) groups excluding carboxylic acids is 1. The van der Waals surface area contributed by atoms with Crippen LogP contribution < -0.4 is 0 Å². The molecule has 1 atom stereocenters. The summed E-state index contributed by atoms with van der Waals surface area (Å²) in [6.45, 7) is 5.30. The predicted molar refractivity (Wildman–Crippen MR) is 57.9 cm³/mol. The second-order valence-corrected chi connectivity index (χ2v) is 4.76. The van der Waals surface area contributed by atoms with Gasteiger partial charge in [0.25, 0.3) is 0 Å². The van der Waals surface area contributed by atoms with Gasteiger partial charge < -0.3 is 0 Å². The highest BCUT2D eigenvalue weighted by atomic mass is 16.1. The summed E-state index contributed by atoms with van der Waals surface area (Å²) in [6.07, 6.45) is 8.16. The molecule has 0 aromatic rings. The Morgan fingerprint density at radius 2 is 2.00 bits per heavy atom. The first kappa shape index (κ1) is 11.5. The van der Waals surface area contributed by atoms with Crippen LogP contribution in [0.15, 0.2) is 4.99 Å². The van der Waals surface area contributed by atoms with Crippen molar-refractivity contribution in [2.45, 2.75) is 46.0 Å². The fraction of sp³-hybridized carbons (Fsp3) is 0.917. The van der Waals surface area contributed by atoms with Gasteiger partial charge in [-0.2, -0.15) is 0 Å². The Kier molecular flexibility index (Phi) is 4.89. The number of isocyanates is 1. The Morgan fingerprint density at radius 1 is 1.36 bits per heavy atom. The maximum atomic E-state index is 9.91. The monoisotopic (exact) mass is 195 g/mol. The van der Waals surface area contributed by atoms with E-state index in [1.54, 1.807) is 6.08 Å². The van der Waals surface area contributed by atoms with Gasteiger partial charge in [0.15, 0.2) is 0 Å². The smallest absolute Gasteiger partial charge is 0.211 e. The normalized spacial score (nSPS) is 29.3. The number of nitrogens with zero attached hydrogens (tertiary/aromatic N) is 1. The van der Waals surface area contributed by atoms with Crippen molar-refractivity contribution < 1.29 is 4.79 Å². The summed E-state index contributed by atoms with van der Waals surface area (Å²) in [6, 6.07) is 0. The van der Waals surface area contributed by atoms with Crippen LogP contribution in [0, 0.1) is 17.8 Å². The highest BCUT2D eigenvalue weighted by Gasteiger charge is 2.22. The molecule has 0 heterocycles. The molecule has 2 heteroatoms. The van der Waals surface area contributed by atoms with E-state index in [9.17, 15) is 4.79 Å². The van der Waals surface area contributed by atoms with Gasteiger partial charge in [0.2, 0.25) is 6.08 Å². The molecule has 0 amide bonds. The average molecular weight is 195 g/mol. The second kappa shape index (κ2) is 5.98. The molecule has 0 spiro atoms. The Morgan fingerprint density at radius 3 is 2.57 bits per heavy atom. The molecule has 0 radical (unpaired) electrons. The molecule has 1 aliphatic carbocycles. The van der Waals surface area contributed by atoms with E-state index in [2.05, 4.69) is 18.8 Å². The Labute approximate surface area is 86.8 Å². The summed E-state index contributed by atoms with van der Waals surface area (Å²) >= 11 is 0. The van der Waals surface area contributed by atoms with Gasteiger partial charge >= 0.3 is 0 Å². The maximum absolute atomic E-state index is 9.91. The molecule has 14 heavy (non-hydrogen) atoms. The molecule has 0 saturated heterocycles. The standard InChI is InChI=1S/C12H21NO/c1-10-3-5-12(6-4-10)11(2)7-8-13-9-14/h10-12H,3-8H2,1-2H3. The zero-order valence-corrected chi connectivity index (χ0v) is 9.33. The summed E-state index contributed by atoms with van der Waals surface area (Å²) in [5.41, 5.74) is 0. The van der Waals surface area contributed by atoms with Crippen LogP contribution in [0.5, 0.6) is 0 Å². The van der Waals surface area contributed by atoms with E-state index in [-0.39, 0.29) is 0 Å². The van der Waals surface area contributed by atoms with Crippen LogP contribution in [-0.4, -0.2) is 12.6 Å². The maximum Gasteiger partial charge on any atom is 0.234 e. The Bertz CT molecular complexity index is 200. The first-order chi connectivity index (χ1) is 6.74. The molecule has 2 nitrogen and oxygen atoms in total. The van der Waals surface area contributed by atoms with E-state index >= 15 is 0 Å². The lowest BCUT2D eigenvalue weighted by Crippen LogP contribution is -2.19. The summed E-state index contributed by atoms with van der Waals surface area (Å²) in [7, 11) is 0. The molecule has 0 aromatic heterocycles. The zero-order valence-electron chi connectivity index (χ0n) is 9.33. The number of hydrogen-bond donors (Lipinski definition) is 0. The van der Waals surface area contributed by atoms with Gasteiger partial charge in [0.1, 0.15) is 0 Å². The third-order valence-electron chi connectivity index (χ3n) is 3.63. The van der Waals surface area contributed by atoms with Crippen molar-refractivity contribution in [3.05, 3.63) is 0 Å². The molecule has 1 unspecified atom stereocenters. The van der Waals surface area contributed by atoms with Crippen LogP contribution in [0.1, 0.15) is 46.0 Å². The molecular weight excluding hydrogens is 174 g/mol. The summed E-state index contributed by atoms with van der Waals surface area (Å²) in [5.74, 6) is 2.51. The molecule has 1 aliphatic rings. The molecule has 0 N–H and O–H groups in total. The van der Waals surface area contributed by atoms with E-state index in [4.69, 9.17) is 0 Å². The van der Waals surface area contributed by atoms with Gasteiger partial charge in [-0.05, 0) is 37.0 Å². The molecule has 1 rings (SSSR count). The van der Waals surface area contributed by atoms with Crippen molar-refractivity contribution in [3.8, 4) is 0 Å². The quantitative estimate of drug-likeness (QED) is 0.500. The lowest BCUT2D eigenvalue weighted by Gasteiger charge is -2.30. The fourth-order valence-corrected chi connectivity index (χ4v) is 2.40. The van der Waals surface area contributed by atoms with Crippen molar-refractivity contribution >= 4 is 6.08 Å². The SMILES string of the molecule is CC1CCC(C(C)CCN=C=O)CC1. The van der Waals surface area contributed by atoms with Crippen LogP contribution in [0.3, 0.4) is 0 Å². The number of aliphatic imine (C=N–C) groups is 1. The molecule has 80 valence electrons. The van der Waals surface area contributed by atoms with Crippen LogP contribution in [0.4, 0.5) is 0 Å². The number of hydrogen-bond acceptors (Lipinski definition) is 2. The van der Waals surface area contributed by atoms with Gasteiger partial charge in [0.05, 0.1) is 6.54 Å². The van der Waals surface area contributed by atoms with Gasteiger partial charge in [0, 0.05) is 0 Å². The average Bonchev–Trinajstić information content (AvgIpc) is 2.19. The van der Waals surface area contributed by atoms with Crippen molar-refractivity contribution in [2.24, 2.45) is 22.7 Å². The third kappa shape index (κ3) is 3.63. The lowest BCUT2D eigenvalue weighted by atomic mass is 9.76. The molecular formula is C12H21NO. The summed E-state index contributed by atoms with van der Waals surface area (Å²) in [5, 5.41) is 0. The van der Waals surface area contributed by atoms with Gasteiger partial charge in [-0.15, -0.1) is 0 Å². The Balaban J connectivity index is 2.23. The van der Waals surface area contributed by atoms with Crippen molar-refractivity contribution in [1.82, 2.24) is 0 Å². The van der Waals surface area contributed by atoms with E-state index in [1.165, 1.54) is 25.7 Å². The minimum Gasteiger partial charge on any atom is -0.211 e. The van der Waals surface area contributed by atoms with Crippen molar-refractivity contribution in [1.29, 1.82) is 0 Å². The second-order valence-electron chi connectivity index (χ2n) is 4.76.